The first-order chi connectivity index (χ1) is 13.3. The van der Waals surface area contributed by atoms with Crippen LogP contribution in [0.15, 0.2) is 47.4 Å². The monoisotopic (exact) mass is 443 g/mol. The van der Waals surface area contributed by atoms with Gasteiger partial charge < -0.3 is 9.47 Å². The number of hydrogen-bond donors (Lipinski definition) is 0. The second kappa shape index (κ2) is 9.01. The molecule has 0 radical (unpaired) electrons. The van der Waals surface area contributed by atoms with Gasteiger partial charge in [-0.05, 0) is 53.9 Å². The molecule has 1 unspecified atom stereocenters. The molecule has 1 saturated heterocycles. The molecular formula is C20H23Cl2NO4S. The van der Waals surface area contributed by atoms with E-state index in [-0.39, 0.29) is 11.4 Å². The van der Waals surface area contributed by atoms with Gasteiger partial charge in [-0.2, -0.15) is 4.31 Å². The average Bonchev–Trinajstić information content (AvgIpc) is 2.66. The van der Waals surface area contributed by atoms with Crippen molar-refractivity contribution >= 4 is 33.2 Å². The van der Waals surface area contributed by atoms with Gasteiger partial charge in [0.2, 0.25) is 10.0 Å². The van der Waals surface area contributed by atoms with Crippen LogP contribution in [0.2, 0.25) is 10.0 Å². The summed E-state index contributed by atoms with van der Waals surface area (Å²) in [6, 6.07) is 11.6. The van der Waals surface area contributed by atoms with Crippen molar-refractivity contribution in [3.8, 4) is 5.75 Å². The van der Waals surface area contributed by atoms with Gasteiger partial charge in [-0.1, -0.05) is 37.0 Å². The molecule has 0 N–H and O–H groups in total. The third kappa shape index (κ3) is 5.19. The van der Waals surface area contributed by atoms with Crippen LogP contribution in [0.1, 0.15) is 25.5 Å². The molecule has 1 aliphatic rings. The van der Waals surface area contributed by atoms with E-state index in [0.717, 1.165) is 5.56 Å². The van der Waals surface area contributed by atoms with Crippen molar-refractivity contribution < 1.29 is 17.9 Å². The second-order valence-electron chi connectivity index (χ2n) is 7.10. The molecule has 0 amide bonds. The molecule has 0 aromatic heterocycles. The normalized spacial score (nSPS) is 18.4. The fourth-order valence-corrected chi connectivity index (χ4v) is 4.89. The van der Waals surface area contributed by atoms with Gasteiger partial charge in [-0.15, -0.1) is 0 Å². The highest BCUT2D eigenvalue weighted by Gasteiger charge is 2.31. The zero-order valence-electron chi connectivity index (χ0n) is 15.8. The lowest BCUT2D eigenvalue weighted by atomic mass is 10.1. The largest absolute Gasteiger partial charge is 0.493 e. The van der Waals surface area contributed by atoms with E-state index < -0.39 is 16.1 Å². The summed E-state index contributed by atoms with van der Waals surface area (Å²) in [7, 11) is -3.64. The summed E-state index contributed by atoms with van der Waals surface area (Å²) >= 11 is 12.1. The maximum atomic E-state index is 13.1. The third-order valence-electron chi connectivity index (χ3n) is 4.33. The molecule has 0 bridgehead atoms. The molecule has 28 heavy (non-hydrogen) atoms. The number of rotatable bonds is 6. The van der Waals surface area contributed by atoms with Crippen LogP contribution in [0.5, 0.6) is 5.75 Å². The highest BCUT2D eigenvalue weighted by molar-refractivity contribution is 7.89. The van der Waals surface area contributed by atoms with Gasteiger partial charge in [-0.25, -0.2) is 8.42 Å². The SMILES string of the molecule is CC(C)COc1ccc(S(=O)(=O)N2CCOC(c3cc(Cl)cc(Cl)c3)C2)cc1. The first-order valence-corrected chi connectivity index (χ1v) is 11.3. The van der Waals surface area contributed by atoms with E-state index in [1.165, 1.54) is 4.31 Å². The van der Waals surface area contributed by atoms with Crippen LogP contribution in [0.4, 0.5) is 0 Å². The van der Waals surface area contributed by atoms with Gasteiger partial charge in [0.15, 0.2) is 0 Å². The number of halogens is 2. The Morgan fingerprint density at radius 2 is 1.79 bits per heavy atom. The van der Waals surface area contributed by atoms with Crippen molar-refractivity contribution in [3.05, 3.63) is 58.1 Å². The van der Waals surface area contributed by atoms with Crippen LogP contribution in [-0.4, -0.2) is 39.0 Å². The summed E-state index contributed by atoms with van der Waals surface area (Å²) in [5.41, 5.74) is 0.759. The standard InChI is InChI=1S/C20H23Cl2NO4S/c1-14(2)13-27-18-3-5-19(6-4-18)28(24,25)23-7-8-26-20(12-23)15-9-16(21)11-17(22)10-15/h3-6,9-11,14,20H,7-8,12-13H2,1-2H3. The van der Waals surface area contributed by atoms with Gasteiger partial charge in [0, 0.05) is 23.1 Å². The molecule has 0 saturated carbocycles. The summed E-state index contributed by atoms with van der Waals surface area (Å²) in [6.07, 6.45) is -0.423. The molecule has 0 aliphatic carbocycles. The third-order valence-corrected chi connectivity index (χ3v) is 6.65. The Labute approximate surface area is 176 Å². The van der Waals surface area contributed by atoms with Crippen LogP contribution < -0.4 is 4.74 Å². The smallest absolute Gasteiger partial charge is 0.243 e. The molecule has 1 atom stereocenters. The van der Waals surface area contributed by atoms with Gasteiger partial charge in [0.05, 0.1) is 24.2 Å². The quantitative estimate of drug-likeness (QED) is 0.643. The number of nitrogens with zero attached hydrogens (tertiary/aromatic N) is 1. The zero-order valence-corrected chi connectivity index (χ0v) is 18.1. The molecule has 2 aromatic rings. The molecule has 8 heteroatoms. The Morgan fingerprint density at radius 1 is 1.14 bits per heavy atom. The van der Waals surface area contributed by atoms with Crippen molar-refractivity contribution in [3.63, 3.8) is 0 Å². The van der Waals surface area contributed by atoms with Gasteiger partial charge >= 0.3 is 0 Å². The Kier molecular flexibility index (Phi) is 6.89. The molecule has 0 spiro atoms. The fourth-order valence-electron chi connectivity index (χ4n) is 2.93. The zero-order chi connectivity index (χ0) is 20.3. The minimum Gasteiger partial charge on any atom is -0.493 e. The highest BCUT2D eigenvalue weighted by Crippen LogP contribution is 2.30. The van der Waals surface area contributed by atoms with Crippen LogP contribution in [0, 0.1) is 5.92 Å². The average molecular weight is 444 g/mol. The Balaban J connectivity index is 1.75. The van der Waals surface area contributed by atoms with Crippen molar-refractivity contribution in [2.75, 3.05) is 26.3 Å². The molecular weight excluding hydrogens is 421 g/mol. The first kappa shape index (κ1) is 21.4. The van der Waals surface area contributed by atoms with E-state index in [2.05, 4.69) is 13.8 Å². The molecule has 2 aromatic carbocycles. The van der Waals surface area contributed by atoms with E-state index >= 15 is 0 Å². The Morgan fingerprint density at radius 3 is 2.39 bits per heavy atom. The molecule has 152 valence electrons. The van der Waals surface area contributed by atoms with E-state index in [1.807, 2.05) is 0 Å². The maximum Gasteiger partial charge on any atom is 0.243 e. The summed E-state index contributed by atoms with van der Waals surface area (Å²) in [5, 5.41) is 0.978. The van der Waals surface area contributed by atoms with Crippen molar-refractivity contribution in [1.82, 2.24) is 4.31 Å². The van der Waals surface area contributed by atoms with E-state index in [1.54, 1.807) is 42.5 Å². The van der Waals surface area contributed by atoms with Crippen molar-refractivity contribution in [1.29, 1.82) is 0 Å². The van der Waals surface area contributed by atoms with Crippen LogP contribution in [0.3, 0.4) is 0 Å². The minimum absolute atomic E-state index is 0.199. The molecule has 3 rings (SSSR count). The predicted molar refractivity (Wildman–Crippen MR) is 111 cm³/mol. The first-order valence-electron chi connectivity index (χ1n) is 9.06. The number of ether oxygens (including phenoxy) is 2. The molecule has 1 aliphatic heterocycles. The maximum absolute atomic E-state index is 13.1. The minimum atomic E-state index is -3.64. The number of hydrogen-bond acceptors (Lipinski definition) is 4. The molecule has 1 heterocycles. The van der Waals surface area contributed by atoms with Crippen LogP contribution in [0.25, 0.3) is 0 Å². The van der Waals surface area contributed by atoms with Gasteiger partial charge in [0.1, 0.15) is 5.75 Å². The number of benzene rings is 2. The number of sulfonamides is 1. The topological polar surface area (TPSA) is 55.8 Å². The lowest BCUT2D eigenvalue weighted by Gasteiger charge is -2.32. The molecule has 1 fully saturated rings. The Hall–Kier alpha value is -1.31. The van der Waals surface area contributed by atoms with E-state index in [9.17, 15) is 8.42 Å². The lowest BCUT2D eigenvalue weighted by molar-refractivity contribution is -0.00254. The Bertz CT molecular complexity index is 896. The van der Waals surface area contributed by atoms with Crippen molar-refractivity contribution in [2.24, 2.45) is 5.92 Å². The van der Waals surface area contributed by atoms with Gasteiger partial charge in [-0.3, -0.25) is 0 Å². The summed E-state index contributed by atoms with van der Waals surface area (Å²) in [4.78, 5) is 0.231. The van der Waals surface area contributed by atoms with Gasteiger partial charge in [0.25, 0.3) is 0 Å². The van der Waals surface area contributed by atoms with Crippen LogP contribution in [-0.2, 0) is 14.8 Å². The van der Waals surface area contributed by atoms with E-state index in [4.69, 9.17) is 32.7 Å². The lowest BCUT2D eigenvalue weighted by Crippen LogP contribution is -2.42. The molecule has 5 nitrogen and oxygen atoms in total. The van der Waals surface area contributed by atoms with Crippen LogP contribution >= 0.6 is 23.2 Å². The predicted octanol–water partition coefficient (Wildman–Crippen LogP) is 4.79. The second-order valence-corrected chi connectivity index (χ2v) is 9.91. The van der Waals surface area contributed by atoms with E-state index in [0.29, 0.717) is 41.5 Å². The highest BCUT2D eigenvalue weighted by atomic mass is 35.5. The summed E-state index contributed by atoms with van der Waals surface area (Å²) in [6.45, 7) is 5.48. The fraction of sp³-hybridized carbons (Fsp3) is 0.400. The summed E-state index contributed by atoms with van der Waals surface area (Å²) < 4.78 is 38.9. The summed E-state index contributed by atoms with van der Waals surface area (Å²) in [5.74, 6) is 1.05. The number of morpholine rings is 1. The van der Waals surface area contributed by atoms with Crippen molar-refractivity contribution in [2.45, 2.75) is 24.8 Å².